The molecule has 0 amide bonds. The van der Waals surface area contributed by atoms with E-state index in [1.165, 1.54) is 21.5 Å². The lowest BCUT2D eigenvalue weighted by molar-refractivity contribution is 0.102. The quantitative estimate of drug-likeness (QED) is 0.145. The molecule has 4 heteroatoms. The van der Waals surface area contributed by atoms with Crippen LogP contribution in [-0.4, -0.2) is 20.7 Å². The smallest absolute Gasteiger partial charge is 0.193 e. The van der Waals surface area contributed by atoms with E-state index in [1.807, 2.05) is 72.8 Å². The molecule has 0 N–H and O–H groups in total. The van der Waals surface area contributed by atoms with E-state index < -0.39 is 0 Å². The van der Waals surface area contributed by atoms with Crippen molar-refractivity contribution in [2.75, 3.05) is 0 Å². The Morgan fingerprint density at radius 3 is 0.900 bits per heavy atom. The van der Waals surface area contributed by atoms with Crippen LogP contribution in [0.15, 0.2) is 218 Å². The van der Waals surface area contributed by atoms with E-state index >= 15 is 0 Å². The molecule has 0 atom stereocenters. The largest absolute Gasteiger partial charge is 0.309 e. The zero-order valence-corrected chi connectivity index (χ0v) is 32.5. The van der Waals surface area contributed by atoms with Gasteiger partial charge in [-0.25, -0.2) is 0 Å². The summed E-state index contributed by atoms with van der Waals surface area (Å²) < 4.78 is 4.56. The fourth-order valence-corrected chi connectivity index (χ4v) is 8.92. The molecule has 11 aromatic rings. The molecule has 0 aliphatic rings. The van der Waals surface area contributed by atoms with Crippen LogP contribution in [-0.2, 0) is 0 Å². The molecule has 0 fully saturated rings. The molecule has 2 aromatic heterocycles. The first-order chi connectivity index (χ1) is 29.6. The second-order valence-electron chi connectivity index (χ2n) is 15.2. The topological polar surface area (TPSA) is 44.0 Å². The van der Waals surface area contributed by atoms with Crippen molar-refractivity contribution in [3.8, 4) is 33.6 Å². The Labute approximate surface area is 346 Å². The van der Waals surface area contributed by atoms with Gasteiger partial charge in [0, 0.05) is 55.2 Å². The van der Waals surface area contributed by atoms with Gasteiger partial charge in [0.25, 0.3) is 0 Å². The van der Waals surface area contributed by atoms with Crippen LogP contribution in [0.2, 0.25) is 0 Å². The average molecular weight is 769 g/mol. The summed E-state index contributed by atoms with van der Waals surface area (Å²) in [6.45, 7) is 0. The molecule has 0 aliphatic heterocycles. The molecule has 0 saturated carbocycles. The summed E-state index contributed by atoms with van der Waals surface area (Å²) >= 11 is 0. The second-order valence-corrected chi connectivity index (χ2v) is 15.2. The molecule has 2 heterocycles. The van der Waals surface area contributed by atoms with Gasteiger partial charge in [0.1, 0.15) is 0 Å². The van der Waals surface area contributed by atoms with Gasteiger partial charge in [0.2, 0.25) is 0 Å². The van der Waals surface area contributed by atoms with Crippen LogP contribution in [0, 0.1) is 0 Å². The summed E-state index contributed by atoms with van der Waals surface area (Å²) in [5, 5.41) is 4.76. The third-order valence-electron chi connectivity index (χ3n) is 11.8. The summed E-state index contributed by atoms with van der Waals surface area (Å²) in [5.74, 6) is -0.224. The van der Waals surface area contributed by atoms with Gasteiger partial charge >= 0.3 is 0 Å². The van der Waals surface area contributed by atoms with E-state index in [0.29, 0.717) is 33.4 Å². The number of hydrogen-bond acceptors (Lipinski definition) is 2. The number of aromatic nitrogens is 2. The number of nitrogens with zero attached hydrogens (tertiary/aromatic N) is 2. The lowest BCUT2D eigenvalue weighted by Crippen LogP contribution is -2.09. The van der Waals surface area contributed by atoms with Crippen LogP contribution in [0.3, 0.4) is 0 Å². The summed E-state index contributed by atoms with van der Waals surface area (Å²) in [5.41, 5.74) is 11.8. The Morgan fingerprint density at radius 2 is 0.583 bits per heavy atom. The fraction of sp³-hybridized carbons (Fsp3) is 0. The molecule has 0 aliphatic carbocycles. The van der Waals surface area contributed by atoms with Crippen molar-refractivity contribution in [3.05, 3.63) is 241 Å². The highest BCUT2D eigenvalue weighted by molar-refractivity contribution is 6.18. The fourth-order valence-electron chi connectivity index (χ4n) is 8.92. The molecule has 0 spiro atoms. The SMILES string of the molecule is O=C(c1ccccc1)c1cc(-c2ccc(-n3c4ccccc4c4ccccc43)cc2)c(C(=O)c2ccccc2)cc1-c1ccc(-n2c3ccccc3c3ccccc32)cc1. The number of rotatable bonds is 8. The van der Waals surface area contributed by atoms with Gasteiger partial charge < -0.3 is 9.13 Å². The molecule has 0 saturated heterocycles. The Morgan fingerprint density at radius 1 is 0.300 bits per heavy atom. The van der Waals surface area contributed by atoms with Crippen molar-refractivity contribution >= 4 is 55.2 Å². The molecule has 0 unspecified atom stereocenters. The average Bonchev–Trinajstić information content (AvgIpc) is 3.84. The Kier molecular flexibility index (Phi) is 8.42. The minimum atomic E-state index is -0.112. The molecule has 11 rings (SSSR count). The maximum atomic E-state index is 14.7. The van der Waals surface area contributed by atoms with Crippen LogP contribution in [0.25, 0.3) is 77.2 Å². The van der Waals surface area contributed by atoms with E-state index in [0.717, 1.165) is 44.6 Å². The molecular formula is C56H36N2O2. The van der Waals surface area contributed by atoms with Crippen molar-refractivity contribution < 1.29 is 9.59 Å². The van der Waals surface area contributed by atoms with E-state index in [4.69, 9.17) is 0 Å². The predicted molar refractivity (Wildman–Crippen MR) is 246 cm³/mol. The van der Waals surface area contributed by atoms with E-state index in [2.05, 4.69) is 155 Å². The van der Waals surface area contributed by atoms with Crippen molar-refractivity contribution in [1.82, 2.24) is 9.13 Å². The minimum absolute atomic E-state index is 0.112. The van der Waals surface area contributed by atoms with Crippen LogP contribution in [0.5, 0.6) is 0 Å². The highest BCUT2D eigenvalue weighted by atomic mass is 16.1. The lowest BCUT2D eigenvalue weighted by Gasteiger charge is -2.18. The summed E-state index contributed by atoms with van der Waals surface area (Å²) in [6.07, 6.45) is 0. The van der Waals surface area contributed by atoms with Crippen LogP contribution < -0.4 is 0 Å². The van der Waals surface area contributed by atoms with Crippen molar-refractivity contribution in [1.29, 1.82) is 0 Å². The van der Waals surface area contributed by atoms with Gasteiger partial charge in [0.15, 0.2) is 11.6 Å². The highest BCUT2D eigenvalue weighted by Gasteiger charge is 2.24. The van der Waals surface area contributed by atoms with Gasteiger partial charge in [0.05, 0.1) is 22.1 Å². The summed E-state index contributed by atoms with van der Waals surface area (Å²) in [7, 11) is 0. The van der Waals surface area contributed by atoms with Crippen LogP contribution in [0.4, 0.5) is 0 Å². The standard InChI is InChI=1S/C56H36N2O2/c59-55(39-15-3-1-4-16-39)49-35-48(38-29-33-42(34-30-38)58-53-25-13-9-21-45(53)46-22-10-14-26-54(46)58)50(56(60)40-17-5-2-6-18-40)36-47(49)37-27-31-41(32-28-37)57-51-23-11-7-19-43(51)44-20-8-12-24-52(44)57/h1-36H. The molecule has 4 nitrogen and oxygen atoms in total. The monoisotopic (exact) mass is 768 g/mol. The minimum Gasteiger partial charge on any atom is -0.309 e. The normalized spacial score (nSPS) is 11.5. The number of fused-ring (bicyclic) bond motifs is 6. The van der Waals surface area contributed by atoms with E-state index in [1.54, 1.807) is 0 Å². The molecule has 0 radical (unpaired) electrons. The second kappa shape index (κ2) is 14.4. The zero-order valence-electron chi connectivity index (χ0n) is 32.5. The van der Waals surface area contributed by atoms with Gasteiger partial charge in [-0.2, -0.15) is 0 Å². The van der Waals surface area contributed by atoms with E-state index in [-0.39, 0.29) is 11.6 Å². The molecule has 60 heavy (non-hydrogen) atoms. The number of para-hydroxylation sites is 4. The number of benzene rings is 9. The van der Waals surface area contributed by atoms with Gasteiger partial charge in [-0.3, -0.25) is 9.59 Å². The molecular weight excluding hydrogens is 733 g/mol. The van der Waals surface area contributed by atoms with E-state index in [9.17, 15) is 9.59 Å². The first-order valence-electron chi connectivity index (χ1n) is 20.2. The maximum absolute atomic E-state index is 14.7. The van der Waals surface area contributed by atoms with Crippen molar-refractivity contribution in [2.45, 2.75) is 0 Å². The van der Waals surface area contributed by atoms with Gasteiger partial charge in [-0.15, -0.1) is 0 Å². The van der Waals surface area contributed by atoms with Crippen LogP contribution >= 0.6 is 0 Å². The van der Waals surface area contributed by atoms with Gasteiger partial charge in [-0.1, -0.05) is 158 Å². The number of hydrogen-bond donors (Lipinski definition) is 0. The third-order valence-corrected chi connectivity index (χ3v) is 11.8. The number of carbonyl (C=O) groups is 2. The third kappa shape index (κ3) is 5.77. The molecule has 9 aromatic carbocycles. The summed E-state index contributed by atoms with van der Waals surface area (Å²) in [4.78, 5) is 29.4. The lowest BCUT2D eigenvalue weighted by atomic mass is 9.85. The summed E-state index contributed by atoms with van der Waals surface area (Å²) in [6, 6.07) is 73.1. The van der Waals surface area contributed by atoms with Crippen LogP contribution in [0.1, 0.15) is 31.8 Å². The first-order valence-corrected chi connectivity index (χ1v) is 20.2. The molecule has 282 valence electrons. The predicted octanol–water partition coefficient (Wildman–Crippen LogP) is 13.7. The molecule has 0 bridgehead atoms. The van der Waals surface area contributed by atoms with Crippen molar-refractivity contribution in [2.24, 2.45) is 0 Å². The Hall–Kier alpha value is -8.08. The zero-order chi connectivity index (χ0) is 40.2. The first kappa shape index (κ1) is 35.1. The number of ketones is 2. The Bertz CT molecular complexity index is 3090. The highest BCUT2D eigenvalue weighted by Crippen LogP contribution is 2.38. The van der Waals surface area contributed by atoms with Gasteiger partial charge in [-0.05, 0) is 82.9 Å². The number of carbonyl (C=O) groups excluding carboxylic acids is 2. The maximum Gasteiger partial charge on any atom is 0.193 e. The van der Waals surface area contributed by atoms with Crippen molar-refractivity contribution in [3.63, 3.8) is 0 Å². The Balaban J connectivity index is 1.09.